The number of hydrogen-bond donors (Lipinski definition) is 2. The lowest BCUT2D eigenvalue weighted by atomic mass is 10.1. The summed E-state index contributed by atoms with van der Waals surface area (Å²) in [6.45, 7) is 2.37. The molecule has 4 rings (SSSR count). The van der Waals surface area contributed by atoms with Crippen LogP contribution in [0, 0.1) is 0 Å². The highest BCUT2D eigenvalue weighted by molar-refractivity contribution is 7.80. The molecule has 1 aliphatic rings. The van der Waals surface area contributed by atoms with Crippen molar-refractivity contribution >= 4 is 46.4 Å². The number of ether oxygens (including phenoxy) is 1. The van der Waals surface area contributed by atoms with Crippen LogP contribution in [0.3, 0.4) is 0 Å². The molecule has 178 valence electrons. The molecule has 0 unspecified atom stereocenters. The van der Waals surface area contributed by atoms with Gasteiger partial charge in [0.25, 0.3) is 11.8 Å². The molecule has 2 N–H and O–H groups in total. The van der Waals surface area contributed by atoms with Gasteiger partial charge in [0.05, 0.1) is 18.7 Å². The van der Waals surface area contributed by atoms with Gasteiger partial charge in [0.15, 0.2) is 0 Å². The summed E-state index contributed by atoms with van der Waals surface area (Å²) < 4.78 is 5.47. The molecular formula is C26H24N4O4S. The minimum Gasteiger partial charge on any atom is -0.494 e. The Morgan fingerprint density at radius 3 is 2.34 bits per heavy atom. The Hall–Kier alpha value is -4.24. The maximum atomic E-state index is 13.4. The van der Waals surface area contributed by atoms with Gasteiger partial charge in [-0.2, -0.15) is 0 Å². The van der Waals surface area contributed by atoms with Gasteiger partial charge in [0, 0.05) is 17.3 Å². The topological polar surface area (TPSA) is 91.0 Å². The highest BCUT2D eigenvalue weighted by Gasteiger charge is 2.45. The third kappa shape index (κ3) is 5.47. The molecule has 3 aromatic rings. The van der Waals surface area contributed by atoms with Crippen LogP contribution in [0.25, 0.3) is 0 Å². The molecule has 0 radical (unpaired) electrons. The van der Waals surface area contributed by atoms with Crippen LogP contribution in [-0.4, -0.2) is 40.5 Å². The van der Waals surface area contributed by atoms with Crippen LogP contribution >= 0.6 is 12.2 Å². The van der Waals surface area contributed by atoms with Crippen molar-refractivity contribution in [3.05, 3.63) is 90.5 Å². The van der Waals surface area contributed by atoms with E-state index in [1.807, 2.05) is 13.0 Å². The Labute approximate surface area is 208 Å². The van der Waals surface area contributed by atoms with Crippen molar-refractivity contribution in [2.75, 3.05) is 16.8 Å². The fraction of sp³-hybridized carbons (Fsp3) is 0.154. The van der Waals surface area contributed by atoms with Crippen LogP contribution in [0.2, 0.25) is 0 Å². The van der Waals surface area contributed by atoms with Gasteiger partial charge in [-0.25, -0.2) is 5.01 Å². The van der Waals surface area contributed by atoms with E-state index in [0.29, 0.717) is 29.3 Å². The number of para-hydroxylation sites is 1. The standard InChI is InChI=1S/C26H24N4O4S/c1-2-34-21-15-9-12-19(16-21)27-23(31)17-22-25(33)29(20-13-7-4-8-14-20)26(35)30(22)28-24(32)18-10-5-3-6-11-18/h3-16,22H,2,17H2,1H3,(H,27,31)(H,28,32)/t22-/m1/s1. The van der Waals surface area contributed by atoms with E-state index in [-0.39, 0.29) is 11.5 Å². The van der Waals surface area contributed by atoms with Gasteiger partial charge in [0.1, 0.15) is 11.8 Å². The molecular weight excluding hydrogens is 464 g/mol. The molecule has 0 aromatic heterocycles. The van der Waals surface area contributed by atoms with Gasteiger partial charge < -0.3 is 10.1 Å². The van der Waals surface area contributed by atoms with Crippen LogP contribution in [0.5, 0.6) is 5.75 Å². The number of hydrazine groups is 1. The molecule has 0 bridgehead atoms. The molecule has 3 amide bonds. The number of carbonyl (C=O) groups is 3. The van der Waals surface area contributed by atoms with Crippen LogP contribution in [0.1, 0.15) is 23.7 Å². The second-order valence-corrected chi connectivity index (χ2v) is 8.06. The summed E-state index contributed by atoms with van der Waals surface area (Å²) in [7, 11) is 0. The lowest BCUT2D eigenvalue weighted by Crippen LogP contribution is -2.49. The van der Waals surface area contributed by atoms with Crippen LogP contribution in [0.4, 0.5) is 11.4 Å². The Balaban J connectivity index is 1.56. The van der Waals surface area contributed by atoms with E-state index in [4.69, 9.17) is 17.0 Å². The lowest BCUT2D eigenvalue weighted by Gasteiger charge is -2.24. The maximum absolute atomic E-state index is 13.4. The highest BCUT2D eigenvalue weighted by atomic mass is 32.1. The molecule has 0 saturated carbocycles. The SMILES string of the molecule is CCOc1cccc(NC(=O)C[C@@H]2C(=O)N(c3ccccc3)C(=S)N2NC(=O)c2ccccc2)c1. The van der Waals surface area contributed by atoms with E-state index in [1.165, 1.54) is 9.91 Å². The minimum atomic E-state index is -1.02. The molecule has 1 saturated heterocycles. The first-order valence-corrected chi connectivity index (χ1v) is 11.5. The number of hydrogen-bond acceptors (Lipinski definition) is 5. The Morgan fingerprint density at radius 2 is 1.66 bits per heavy atom. The van der Waals surface area contributed by atoms with Crippen molar-refractivity contribution in [2.24, 2.45) is 0 Å². The van der Waals surface area contributed by atoms with Gasteiger partial charge in [-0.15, -0.1) is 0 Å². The number of nitrogens with one attached hydrogen (secondary N) is 2. The molecule has 0 spiro atoms. The number of benzene rings is 3. The fourth-order valence-corrected chi connectivity index (χ4v) is 4.06. The molecule has 35 heavy (non-hydrogen) atoms. The van der Waals surface area contributed by atoms with E-state index >= 15 is 0 Å². The average molecular weight is 489 g/mol. The zero-order valence-electron chi connectivity index (χ0n) is 19.0. The smallest absolute Gasteiger partial charge is 0.269 e. The predicted octanol–water partition coefficient (Wildman–Crippen LogP) is 3.76. The van der Waals surface area contributed by atoms with Crippen molar-refractivity contribution in [1.82, 2.24) is 10.4 Å². The summed E-state index contributed by atoms with van der Waals surface area (Å²) in [6.07, 6.45) is -0.226. The normalized spacial score (nSPS) is 15.2. The number of nitrogens with zero attached hydrogens (tertiary/aromatic N) is 2. The average Bonchev–Trinajstić information content (AvgIpc) is 3.09. The van der Waals surface area contributed by atoms with Gasteiger partial charge in [-0.05, 0) is 55.5 Å². The van der Waals surface area contributed by atoms with Crippen molar-refractivity contribution < 1.29 is 19.1 Å². The highest BCUT2D eigenvalue weighted by Crippen LogP contribution is 2.26. The monoisotopic (exact) mass is 488 g/mol. The Morgan fingerprint density at radius 1 is 0.971 bits per heavy atom. The van der Waals surface area contributed by atoms with Crippen molar-refractivity contribution in [3.63, 3.8) is 0 Å². The first kappa shape index (κ1) is 23.9. The first-order chi connectivity index (χ1) is 17.0. The van der Waals surface area contributed by atoms with Crippen molar-refractivity contribution in [2.45, 2.75) is 19.4 Å². The summed E-state index contributed by atoms with van der Waals surface area (Å²) in [5, 5.41) is 4.16. The van der Waals surface area contributed by atoms with E-state index in [2.05, 4.69) is 10.7 Å². The Kier molecular flexibility index (Phi) is 7.37. The van der Waals surface area contributed by atoms with E-state index in [1.54, 1.807) is 78.9 Å². The van der Waals surface area contributed by atoms with Gasteiger partial charge >= 0.3 is 0 Å². The maximum Gasteiger partial charge on any atom is 0.269 e. The van der Waals surface area contributed by atoms with E-state index in [9.17, 15) is 14.4 Å². The number of anilines is 2. The molecule has 1 atom stereocenters. The zero-order chi connectivity index (χ0) is 24.8. The third-order valence-corrected chi connectivity index (χ3v) is 5.67. The first-order valence-electron chi connectivity index (χ1n) is 11.1. The summed E-state index contributed by atoms with van der Waals surface area (Å²) in [5.74, 6) is -0.637. The fourth-order valence-electron chi connectivity index (χ4n) is 3.70. The summed E-state index contributed by atoms with van der Waals surface area (Å²) in [4.78, 5) is 40.5. The molecule has 1 heterocycles. The number of amides is 3. The van der Waals surface area contributed by atoms with Crippen molar-refractivity contribution in [1.29, 1.82) is 0 Å². The van der Waals surface area contributed by atoms with Crippen LogP contribution < -0.4 is 20.4 Å². The predicted molar refractivity (Wildman–Crippen MR) is 137 cm³/mol. The molecule has 3 aromatic carbocycles. The number of rotatable bonds is 8. The van der Waals surface area contributed by atoms with E-state index < -0.39 is 23.8 Å². The molecule has 8 nitrogen and oxygen atoms in total. The zero-order valence-corrected chi connectivity index (χ0v) is 19.8. The van der Waals surface area contributed by atoms with Crippen molar-refractivity contribution in [3.8, 4) is 5.75 Å². The van der Waals surface area contributed by atoms with E-state index in [0.717, 1.165) is 0 Å². The molecule has 9 heteroatoms. The summed E-state index contributed by atoms with van der Waals surface area (Å²) in [6, 6.07) is 23.4. The molecule has 0 aliphatic carbocycles. The summed E-state index contributed by atoms with van der Waals surface area (Å²) >= 11 is 5.56. The third-order valence-electron chi connectivity index (χ3n) is 5.29. The number of carbonyl (C=O) groups excluding carboxylic acids is 3. The second kappa shape index (κ2) is 10.8. The lowest BCUT2D eigenvalue weighted by molar-refractivity contribution is -0.124. The summed E-state index contributed by atoms with van der Waals surface area (Å²) in [5.41, 5.74) is 4.20. The number of thiocarbonyl (C=S) groups is 1. The van der Waals surface area contributed by atoms with Gasteiger partial charge in [-0.1, -0.05) is 42.5 Å². The minimum absolute atomic E-state index is 0.0848. The largest absolute Gasteiger partial charge is 0.494 e. The van der Waals surface area contributed by atoms with Gasteiger partial charge in [-0.3, -0.25) is 24.7 Å². The Bertz CT molecular complexity index is 1240. The molecule has 1 aliphatic heterocycles. The van der Waals surface area contributed by atoms with Crippen LogP contribution in [0.15, 0.2) is 84.9 Å². The molecule has 1 fully saturated rings. The second-order valence-electron chi connectivity index (χ2n) is 7.70. The quantitative estimate of drug-likeness (QED) is 0.469. The van der Waals surface area contributed by atoms with Crippen LogP contribution in [-0.2, 0) is 9.59 Å². The van der Waals surface area contributed by atoms with Gasteiger partial charge in [0.2, 0.25) is 11.0 Å².